The van der Waals surface area contributed by atoms with Crippen molar-refractivity contribution in [2.45, 2.75) is 6.54 Å². The molecule has 0 saturated carbocycles. The molecule has 1 amide bonds. The van der Waals surface area contributed by atoms with Crippen molar-refractivity contribution in [2.75, 3.05) is 7.11 Å². The Morgan fingerprint density at radius 3 is 2.70 bits per heavy atom. The standard InChI is InChI=1S/C16H13BrN6O4/c1-27-12-6-7-14(23(25)26)13(8-12)16(24)18-9-15-19-20-21-22(15)11-4-2-10(17)3-5-11/h2-8H,9H2,1H3,(H,18,24). The first-order valence-corrected chi connectivity index (χ1v) is 8.42. The molecule has 1 aromatic heterocycles. The second-order valence-corrected chi connectivity index (χ2v) is 6.22. The zero-order valence-electron chi connectivity index (χ0n) is 14.0. The van der Waals surface area contributed by atoms with Gasteiger partial charge in [0.05, 0.1) is 24.3 Å². The van der Waals surface area contributed by atoms with E-state index in [-0.39, 0.29) is 17.8 Å². The lowest BCUT2D eigenvalue weighted by Crippen LogP contribution is -2.25. The maximum atomic E-state index is 12.5. The second kappa shape index (κ2) is 7.91. The normalized spacial score (nSPS) is 10.4. The molecule has 10 nitrogen and oxygen atoms in total. The number of hydrogen-bond acceptors (Lipinski definition) is 7. The first-order valence-electron chi connectivity index (χ1n) is 7.63. The van der Waals surface area contributed by atoms with Crippen molar-refractivity contribution in [3.8, 4) is 11.4 Å². The summed E-state index contributed by atoms with van der Waals surface area (Å²) in [7, 11) is 1.41. The Balaban J connectivity index is 1.80. The molecule has 0 aliphatic rings. The van der Waals surface area contributed by atoms with Crippen LogP contribution in [-0.4, -0.2) is 38.1 Å². The highest BCUT2D eigenvalue weighted by molar-refractivity contribution is 9.10. The SMILES string of the molecule is COc1ccc([N+](=O)[O-])c(C(=O)NCc2nnnn2-c2ccc(Br)cc2)c1. The first-order chi connectivity index (χ1) is 13.0. The average Bonchev–Trinajstić information content (AvgIpc) is 3.14. The van der Waals surface area contributed by atoms with E-state index in [0.29, 0.717) is 17.3 Å². The highest BCUT2D eigenvalue weighted by atomic mass is 79.9. The second-order valence-electron chi connectivity index (χ2n) is 5.31. The molecule has 0 spiro atoms. The minimum atomic E-state index is -0.633. The Morgan fingerprint density at radius 2 is 2.04 bits per heavy atom. The minimum Gasteiger partial charge on any atom is -0.497 e. The number of nitro benzene ring substituents is 1. The lowest BCUT2D eigenvalue weighted by Gasteiger charge is -2.08. The largest absolute Gasteiger partial charge is 0.497 e. The van der Waals surface area contributed by atoms with Crippen molar-refractivity contribution in [3.05, 3.63) is 68.4 Å². The van der Waals surface area contributed by atoms with Gasteiger partial charge in [-0.3, -0.25) is 14.9 Å². The van der Waals surface area contributed by atoms with Crippen LogP contribution in [-0.2, 0) is 6.54 Å². The predicted molar refractivity (Wildman–Crippen MR) is 97.7 cm³/mol. The Labute approximate surface area is 161 Å². The summed E-state index contributed by atoms with van der Waals surface area (Å²) in [6, 6.07) is 11.2. The number of nitro groups is 1. The van der Waals surface area contributed by atoms with Crippen LogP contribution in [0.15, 0.2) is 46.9 Å². The fourth-order valence-electron chi connectivity index (χ4n) is 2.34. The molecule has 2 aromatic carbocycles. The third kappa shape index (κ3) is 4.08. The number of ether oxygens (including phenoxy) is 1. The van der Waals surface area contributed by atoms with Crippen molar-refractivity contribution in [1.29, 1.82) is 0 Å². The van der Waals surface area contributed by atoms with Crippen LogP contribution in [0.2, 0.25) is 0 Å². The molecule has 0 fully saturated rings. The summed E-state index contributed by atoms with van der Waals surface area (Å²) in [5.74, 6) is 0.0765. The molecule has 0 radical (unpaired) electrons. The Bertz CT molecular complexity index is 989. The Morgan fingerprint density at radius 1 is 1.30 bits per heavy atom. The molecule has 3 aromatic rings. The molecule has 27 heavy (non-hydrogen) atoms. The van der Waals surface area contributed by atoms with E-state index in [1.807, 2.05) is 12.1 Å². The fraction of sp³-hybridized carbons (Fsp3) is 0.125. The number of carbonyl (C=O) groups is 1. The van der Waals surface area contributed by atoms with E-state index in [0.717, 1.165) is 4.47 Å². The number of aromatic nitrogens is 4. The summed E-state index contributed by atoms with van der Waals surface area (Å²) in [5, 5.41) is 25.2. The van der Waals surface area contributed by atoms with Gasteiger partial charge in [0.15, 0.2) is 5.82 Å². The third-order valence-electron chi connectivity index (χ3n) is 3.66. The van der Waals surface area contributed by atoms with E-state index in [9.17, 15) is 14.9 Å². The van der Waals surface area contributed by atoms with Crippen molar-refractivity contribution in [3.63, 3.8) is 0 Å². The Kier molecular flexibility index (Phi) is 5.41. The molecular weight excluding hydrogens is 420 g/mol. The van der Waals surface area contributed by atoms with Crippen LogP contribution in [0.1, 0.15) is 16.2 Å². The molecule has 3 rings (SSSR count). The quantitative estimate of drug-likeness (QED) is 0.467. The van der Waals surface area contributed by atoms with Crippen molar-refractivity contribution in [1.82, 2.24) is 25.5 Å². The fourth-order valence-corrected chi connectivity index (χ4v) is 2.60. The number of hydrogen-bond donors (Lipinski definition) is 1. The smallest absolute Gasteiger partial charge is 0.282 e. The highest BCUT2D eigenvalue weighted by Gasteiger charge is 2.21. The van der Waals surface area contributed by atoms with Crippen molar-refractivity contribution < 1.29 is 14.5 Å². The summed E-state index contributed by atoms with van der Waals surface area (Å²) >= 11 is 3.35. The molecule has 0 saturated heterocycles. The summed E-state index contributed by atoms with van der Waals surface area (Å²) in [6.45, 7) is -0.0176. The summed E-state index contributed by atoms with van der Waals surface area (Å²) in [5.41, 5.74) is 0.280. The highest BCUT2D eigenvalue weighted by Crippen LogP contribution is 2.24. The number of nitrogens with one attached hydrogen (secondary N) is 1. The number of halogens is 1. The van der Waals surface area contributed by atoms with Gasteiger partial charge in [0.1, 0.15) is 11.3 Å². The average molecular weight is 433 g/mol. The van der Waals surface area contributed by atoms with Gasteiger partial charge in [-0.05, 0) is 46.8 Å². The zero-order chi connectivity index (χ0) is 19.4. The molecule has 0 atom stereocenters. The van der Waals surface area contributed by atoms with Gasteiger partial charge in [-0.25, -0.2) is 0 Å². The van der Waals surface area contributed by atoms with Crippen LogP contribution >= 0.6 is 15.9 Å². The van der Waals surface area contributed by atoms with Gasteiger partial charge in [0.25, 0.3) is 11.6 Å². The number of rotatable bonds is 6. The van der Waals surface area contributed by atoms with E-state index >= 15 is 0 Å². The first kappa shape index (κ1) is 18.5. The molecular formula is C16H13BrN6O4. The summed E-state index contributed by atoms with van der Waals surface area (Å²) in [4.78, 5) is 23.0. The van der Waals surface area contributed by atoms with Crippen molar-refractivity contribution >= 4 is 27.5 Å². The van der Waals surface area contributed by atoms with E-state index in [1.165, 1.54) is 30.0 Å². The maximum Gasteiger partial charge on any atom is 0.282 e. The maximum absolute atomic E-state index is 12.5. The molecule has 11 heteroatoms. The molecule has 1 N–H and O–H groups in total. The van der Waals surface area contributed by atoms with Crippen LogP contribution < -0.4 is 10.1 Å². The topological polar surface area (TPSA) is 125 Å². The van der Waals surface area contributed by atoms with Gasteiger partial charge >= 0.3 is 0 Å². The van der Waals surface area contributed by atoms with Gasteiger partial charge in [-0.1, -0.05) is 15.9 Å². The Hall–Kier alpha value is -3.34. The van der Waals surface area contributed by atoms with E-state index in [2.05, 4.69) is 36.8 Å². The number of nitrogens with zero attached hydrogens (tertiary/aromatic N) is 5. The van der Waals surface area contributed by atoms with Gasteiger partial charge in [0, 0.05) is 10.5 Å². The van der Waals surface area contributed by atoms with E-state index in [4.69, 9.17) is 4.74 Å². The molecule has 0 aliphatic heterocycles. The number of tetrazole rings is 1. The van der Waals surface area contributed by atoms with Crippen LogP contribution in [0.25, 0.3) is 5.69 Å². The molecule has 1 heterocycles. The van der Waals surface area contributed by atoms with Crippen LogP contribution in [0.5, 0.6) is 5.75 Å². The number of amides is 1. The van der Waals surface area contributed by atoms with Crippen LogP contribution in [0.4, 0.5) is 5.69 Å². The molecule has 138 valence electrons. The zero-order valence-corrected chi connectivity index (χ0v) is 15.6. The molecule has 0 unspecified atom stereocenters. The lowest BCUT2D eigenvalue weighted by atomic mass is 10.1. The number of methoxy groups -OCH3 is 1. The van der Waals surface area contributed by atoms with E-state index < -0.39 is 10.8 Å². The van der Waals surface area contributed by atoms with E-state index in [1.54, 1.807) is 12.1 Å². The predicted octanol–water partition coefficient (Wildman–Crippen LogP) is 2.27. The number of carbonyl (C=O) groups excluding carboxylic acids is 1. The summed E-state index contributed by atoms with van der Waals surface area (Å²) in [6.07, 6.45) is 0. The van der Waals surface area contributed by atoms with Crippen LogP contribution in [0, 0.1) is 10.1 Å². The summed E-state index contributed by atoms with van der Waals surface area (Å²) < 4.78 is 7.40. The minimum absolute atomic E-state index is 0.0176. The third-order valence-corrected chi connectivity index (χ3v) is 4.19. The van der Waals surface area contributed by atoms with Gasteiger partial charge in [-0.15, -0.1) is 5.10 Å². The monoisotopic (exact) mass is 432 g/mol. The van der Waals surface area contributed by atoms with Crippen molar-refractivity contribution in [2.24, 2.45) is 0 Å². The van der Waals surface area contributed by atoms with Gasteiger partial charge < -0.3 is 10.1 Å². The molecule has 0 aliphatic carbocycles. The van der Waals surface area contributed by atoms with Gasteiger partial charge in [0.2, 0.25) is 0 Å². The number of benzene rings is 2. The van der Waals surface area contributed by atoms with Gasteiger partial charge in [-0.2, -0.15) is 4.68 Å². The lowest BCUT2D eigenvalue weighted by molar-refractivity contribution is -0.385. The van der Waals surface area contributed by atoms with Crippen LogP contribution in [0.3, 0.4) is 0 Å². The molecule has 0 bridgehead atoms.